The van der Waals surface area contributed by atoms with Crippen LogP contribution in [-0.4, -0.2) is 38.2 Å². The first-order chi connectivity index (χ1) is 8.86. The van der Waals surface area contributed by atoms with Crippen molar-refractivity contribution in [1.29, 1.82) is 0 Å². The van der Waals surface area contributed by atoms with Crippen molar-refractivity contribution in [1.82, 2.24) is 5.32 Å². The maximum absolute atomic E-state index is 5.92. The highest BCUT2D eigenvalue weighted by molar-refractivity contribution is 5.81. The Bertz CT molecular complexity index is 459. The summed E-state index contributed by atoms with van der Waals surface area (Å²) >= 11 is 0. The van der Waals surface area contributed by atoms with Crippen LogP contribution in [0.2, 0.25) is 0 Å². The van der Waals surface area contributed by atoms with Gasteiger partial charge < -0.3 is 14.8 Å². The maximum Gasteiger partial charge on any atom is 0.188 e. The van der Waals surface area contributed by atoms with E-state index in [9.17, 15) is 0 Å². The molecule has 4 nitrogen and oxygen atoms in total. The van der Waals surface area contributed by atoms with Gasteiger partial charge in [0.15, 0.2) is 5.90 Å². The Hall–Kier alpha value is -1.55. The minimum Gasteiger partial charge on any atom is -0.496 e. The minimum absolute atomic E-state index is 0.274. The van der Waals surface area contributed by atoms with E-state index in [1.165, 1.54) is 0 Å². The van der Waals surface area contributed by atoms with Crippen molar-refractivity contribution in [2.75, 3.05) is 20.2 Å². The summed E-state index contributed by atoms with van der Waals surface area (Å²) in [6.45, 7) is 1.96. The lowest BCUT2D eigenvalue weighted by Gasteiger charge is -2.23. The molecule has 0 aliphatic carbocycles. The van der Waals surface area contributed by atoms with Gasteiger partial charge in [-0.05, 0) is 19.0 Å². The molecule has 0 amide bonds. The largest absolute Gasteiger partial charge is 0.496 e. The summed E-state index contributed by atoms with van der Waals surface area (Å²) in [4.78, 5) is 4.66. The molecule has 1 aromatic rings. The number of benzene rings is 1. The topological polar surface area (TPSA) is 42.8 Å². The third kappa shape index (κ3) is 2.20. The lowest BCUT2D eigenvalue weighted by Crippen LogP contribution is -2.41. The summed E-state index contributed by atoms with van der Waals surface area (Å²) in [5.41, 5.74) is 1.13. The van der Waals surface area contributed by atoms with E-state index in [2.05, 4.69) is 16.4 Å². The van der Waals surface area contributed by atoms with Crippen LogP contribution in [0, 0.1) is 0 Å². The van der Waals surface area contributed by atoms with Gasteiger partial charge in [-0.1, -0.05) is 18.2 Å². The Morgan fingerprint density at radius 3 is 3.17 bits per heavy atom. The average molecular weight is 246 g/mol. The molecule has 2 aliphatic rings. The lowest BCUT2D eigenvalue weighted by molar-refractivity contribution is 0.158. The van der Waals surface area contributed by atoms with Gasteiger partial charge in [0.25, 0.3) is 0 Å². The Kier molecular flexibility index (Phi) is 3.19. The summed E-state index contributed by atoms with van der Waals surface area (Å²) in [6.07, 6.45) is 2.04. The first-order valence-corrected chi connectivity index (χ1v) is 6.43. The predicted octanol–water partition coefficient (Wildman–Crippen LogP) is 1.40. The van der Waals surface area contributed by atoms with Gasteiger partial charge in [-0.3, -0.25) is 0 Å². The molecule has 3 rings (SSSR count). The highest BCUT2D eigenvalue weighted by atomic mass is 16.5. The highest BCUT2D eigenvalue weighted by Crippen LogP contribution is 2.24. The van der Waals surface area contributed by atoms with Crippen molar-refractivity contribution < 1.29 is 9.47 Å². The summed E-state index contributed by atoms with van der Waals surface area (Å²) in [5, 5.41) is 3.35. The molecule has 1 N–H and O–H groups in total. The van der Waals surface area contributed by atoms with Gasteiger partial charge in [-0.2, -0.15) is 0 Å². The quantitative estimate of drug-likeness (QED) is 0.876. The number of fused-ring (bicyclic) bond motifs is 1. The first-order valence-electron chi connectivity index (χ1n) is 6.43. The molecule has 2 atom stereocenters. The van der Waals surface area contributed by atoms with Crippen molar-refractivity contribution in [3.05, 3.63) is 29.8 Å². The zero-order chi connectivity index (χ0) is 12.4. The number of ether oxygens (including phenoxy) is 2. The second-order valence-electron chi connectivity index (χ2n) is 4.73. The van der Waals surface area contributed by atoms with E-state index in [4.69, 9.17) is 9.47 Å². The first kappa shape index (κ1) is 11.5. The van der Waals surface area contributed by atoms with E-state index in [1.807, 2.05) is 18.2 Å². The van der Waals surface area contributed by atoms with Crippen LogP contribution in [0.1, 0.15) is 12.0 Å². The van der Waals surface area contributed by atoms with Crippen LogP contribution in [0.4, 0.5) is 0 Å². The van der Waals surface area contributed by atoms with Gasteiger partial charge in [-0.25, -0.2) is 4.99 Å². The van der Waals surface area contributed by atoms with E-state index >= 15 is 0 Å². The number of rotatable bonds is 3. The molecular weight excluding hydrogens is 228 g/mol. The number of piperidine rings is 1. The third-order valence-electron chi connectivity index (χ3n) is 3.52. The van der Waals surface area contributed by atoms with Crippen molar-refractivity contribution in [3.8, 4) is 5.75 Å². The standard InChI is InChI=1S/C14H18N2O2/c1-17-12-5-3-2-4-10(12)8-14-16-11-9-15-7-6-13(11)18-14/h2-5,11,13,15H,6-9H2,1H3. The molecule has 0 bridgehead atoms. The highest BCUT2D eigenvalue weighted by Gasteiger charge is 2.32. The van der Waals surface area contributed by atoms with Crippen molar-refractivity contribution in [3.63, 3.8) is 0 Å². The Morgan fingerprint density at radius 1 is 1.44 bits per heavy atom. The molecule has 1 saturated heterocycles. The van der Waals surface area contributed by atoms with E-state index < -0.39 is 0 Å². The Balaban J connectivity index is 1.73. The van der Waals surface area contributed by atoms with Crippen LogP contribution < -0.4 is 10.1 Å². The van der Waals surface area contributed by atoms with Crippen molar-refractivity contribution in [2.45, 2.75) is 25.0 Å². The molecule has 1 aromatic carbocycles. The fraction of sp³-hybridized carbons (Fsp3) is 0.500. The second kappa shape index (κ2) is 4.98. The number of nitrogens with one attached hydrogen (secondary N) is 1. The monoisotopic (exact) mass is 246 g/mol. The molecule has 0 aromatic heterocycles. The SMILES string of the molecule is COc1ccccc1CC1=NC2CNCCC2O1. The average Bonchev–Trinajstić information content (AvgIpc) is 2.81. The molecule has 4 heteroatoms. The molecule has 0 radical (unpaired) electrons. The number of methoxy groups -OCH3 is 1. The number of para-hydroxylation sites is 1. The van der Waals surface area contributed by atoms with Crippen LogP contribution in [0.3, 0.4) is 0 Å². The number of hydrogen-bond acceptors (Lipinski definition) is 4. The van der Waals surface area contributed by atoms with E-state index in [0.29, 0.717) is 6.04 Å². The lowest BCUT2D eigenvalue weighted by atomic mass is 10.1. The number of nitrogens with zero attached hydrogens (tertiary/aromatic N) is 1. The van der Waals surface area contributed by atoms with Gasteiger partial charge in [0.2, 0.25) is 0 Å². The van der Waals surface area contributed by atoms with Gasteiger partial charge >= 0.3 is 0 Å². The fourth-order valence-electron chi connectivity index (χ4n) is 2.57. The molecule has 18 heavy (non-hydrogen) atoms. The summed E-state index contributed by atoms with van der Waals surface area (Å²) < 4.78 is 11.3. The van der Waals surface area contributed by atoms with E-state index in [1.54, 1.807) is 7.11 Å². The van der Waals surface area contributed by atoms with Gasteiger partial charge in [0, 0.05) is 12.1 Å². The van der Waals surface area contributed by atoms with Crippen LogP contribution in [0.25, 0.3) is 0 Å². The molecule has 2 unspecified atom stereocenters. The third-order valence-corrected chi connectivity index (χ3v) is 3.52. The fourth-order valence-corrected chi connectivity index (χ4v) is 2.57. The molecule has 0 spiro atoms. The normalized spacial score (nSPS) is 26.2. The smallest absolute Gasteiger partial charge is 0.188 e. The Morgan fingerprint density at radius 2 is 2.33 bits per heavy atom. The van der Waals surface area contributed by atoms with Gasteiger partial charge in [-0.15, -0.1) is 0 Å². The van der Waals surface area contributed by atoms with Crippen molar-refractivity contribution in [2.24, 2.45) is 4.99 Å². The van der Waals surface area contributed by atoms with E-state index in [-0.39, 0.29) is 6.10 Å². The molecule has 2 aliphatic heterocycles. The summed E-state index contributed by atoms with van der Waals surface area (Å²) in [5.74, 6) is 1.75. The van der Waals surface area contributed by atoms with Crippen molar-refractivity contribution >= 4 is 5.90 Å². The molecule has 2 heterocycles. The van der Waals surface area contributed by atoms with Crippen LogP contribution in [-0.2, 0) is 11.2 Å². The summed E-state index contributed by atoms with van der Waals surface area (Å²) in [6, 6.07) is 8.32. The molecular formula is C14H18N2O2. The predicted molar refractivity (Wildman–Crippen MR) is 70.3 cm³/mol. The zero-order valence-corrected chi connectivity index (χ0v) is 10.6. The van der Waals surface area contributed by atoms with Gasteiger partial charge in [0.1, 0.15) is 17.9 Å². The zero-order valence-electron chi connectivity index (χ0n) is 10.6. The maximum atomic E-state index is 5.92. The van der Waals surface area contributed by atoms with Crippen LogP contribution in [0.15, 0.2) is 29.3 Å². The van der Waals surface area contributed by atoms with E-state index in [0.717, 1.165) is 43.1 Å². The number of hydrogen-bond donors (Lipinski definition) is 1. The molecule has 1 fully saturated rings. The minimum atomic E-state index is 0.274. The second-order valence-corrected chi connectivity index (χ2v) is 4.73. The van der Waals surface area contributed by atoms with Crippen LogP contribution >= 0.6 is 0 Å². The molecule has 0 saturated carbocycles. The Labute approximate surface area is 107 Å². The van der Waals surface area contributed by atoms with Gasteiger partial charge in [0.05, 0.1) is 13.5 Å². The number of aliphatic imine (C=N–C) groups is 1. The molecule has 96 valence electrons. The van der Waals surface area contributed by atoms with Crippen LogP contribution in [0.5, 0.6) is 5.75 Å². The summed E-state index contributed by atoms with van der Waals surface area (Å²) in [7, 11) is 1.69.